The van der Waals surface area contributed by atoms with Crippen LogP contribution in [0.15, 0.2) is 54.6 Å². The van der Waals surface area contributed by atoms with Gasteiger partial charge in [-0.3, -0.25) is 13.9 Å². The van der Waals surface area contributed by atoms with Crippen molar-refractivity contribution in [2.24, 2.45) is 17.4 Å². The number of benzene rings is 2. The van der Waals surface area contributed by atoms with Crippen molar-refractivity contribution in [1.82, 2.24) is 19.4 Å². The van der Waals surface area contributed by atoms with Crippen LogP contribution in [0.2, 0.25) is 0 Å². The number of likely N-dealkylation sites (tertiary alicyclic amines) is 1. The van der Waals surface area contributed by atoms with Gasteiger partial charge in [-0.2, -0.15) is 11.2 Å². The Hall–Kier alpha value is -3.53. The number of nitrogens with zero attached hydrogens (tertiary/aromatic N) is 5. The Morgan fingerprint density at radius 2 is 1.81 bits per heavy atom. The number of primary amides is 1. The van der Waals surface area contributed by atoms with Crippen LogP contribution < -0.4 is 16.2 Å². The smallest absolute Gasteiger partial charge is 0.248 e. The SMILES string of the molecule is N#Cc1ccc(COc2cccc(C3CCN(Cc4nc5ccc(C(N)=O)cc5n4CC4CCS4=O)CC3)n2)c(F)c1.NCO.[CH2-]C(C)C.[CH3-].[CH3-].[W]. The largest absolute Gasteiger partial charge is 0.473 e. The maximum Gasteiger partial charge on any atom is 0.248 e. The van der Waals surface area contributed by atoms with Gasteiger partial charge in [0.2, 0.25) is 11.8 Å². The second-order valence-electron chi connectivity index (χ2n) is 12.4. The molecule has 284 valence electrons. The number of nitrogens with two attached hydrogens (primary N) is 2. The molecule has 14 heteroatoms. The fourth-order valence-corrected chi connectivity index (χ4v) is 6.70. The zero-order valence-corrected chi connectivity index (χ0v) is 34.2. The Morgan fingerprint density at radius 3 is 2.37 bits per heavy atom. The number of nitriles is 1. The number of halogens is 1. The van der Waals surface area contributed by atoms with Crippen LogP contribution >= 0.6 is 0 Å². The third-order valence-electron chi connectivity index (χ3n) is 8.18. The minimum atomic E-state index is -0.831. The molecule has 2 aliphatic heterocycles. The van der Waals surface area contributed by atoms with E-state index in [1.54, 1.807) is 30.3 Å². The summed E-state index contributed by atoms with van der Waals surface area (Å²) in [5.74, 6) is 1.98. The van der Waals surface area contributed by atoms with Crippen LogP contribution in [0.5, 0.6) is 5.88 Å². The summed E-state index contributed by atoms with van der Waals surface area (Å²) >= 11 is 0. The number of hydrogen-bond acceptors (Lipinski definition) is 9. The molecule has 4 aromatic rings. The van der Waals surface area contributed by atoms with E-state index in [0.717, 1.165) is 60.7 Å². The number of pyridine rings is 1. The molecule has 2 aromatic carbocycles. The van der Waals surface area contributed by atoms with Crippen molar-refractivity contribution in [2.75, 3.05) is 25.6 Å². The third kappa shape index (κ3) is 12.8. The van der Waals surface area contributed by atoms with E-state index in [-0.39, 0.29) is 66.0 Å². The number of carbonyl (C=O) groups excluding carboxylic acids is 1. The summed E-state index contributed by atoms with van der Waals surface area (Å²) < 4.78 is 34.4. The molecule has 6 rings (SSSR count). The van der Waals surface area contributed by atoms with Crippen molar-refractivity contribution in [1.29, 1.82) is 5.26 Å². The summed E-state index contributed by atoms with van der Waals surface area (Å²) in [7, 11) is -0.831. The van der Waals surface area contributed by atoms with E-state index < -0.39 is 22.5 Å². The van der Waals surface area contributed by atoms with Crippen molar-refractivity contribution < 1.29 is 44.3 Å². The van der Waals surface area contributed by atoms with E-state index in [1.807, 2.05) is 24.3 Å². The second-order valence-corrected chi connectivity index (χ2v) is 14.3. The van der Waals surface area contributed by atoms with Gasteiger partial charge in [0.15, 0.2) is 0 Å². The molecule has 11 nitrogen and oxygen atoms in total. The molecule has 2 aliphatic rings. The summed E-state index contributed by atoms with van der Waals surface area (Å²) in [6, 6.07) is 17.3. The first kappa shape index (κ1) is 46.5. The van der Waals surface area contributed by atoms with Gasteiger partial charge in [0.25, 0.3) is 0 Å². The van der Waals surface area contributed by atoms with Crippen LogP contribution in [0.4, 0.5) is 4.39 Å². The van der Waals surface area contributed by atoms with E-state index in [9.17, 15) is 13.4 Å². The first-order valence-electron chi connectivity index (χ1n) is 16.3. The minimum absolute atomic E-state index is 0. The second kappa shape index (κ2) is 22.5. The summed E-state index contributed by atoms with van der Waals surface area (Å²) in [5.41, 5.74) is 13.6. The Balaban J connectivity index is 0.00000125. The molecule has 0 bridgehead atoms. The van der Waals surface area contributed by atoms with Gasteiger partial charge in [0.1, 0.15) is 18.2 Å². The van der Waals surface area contributed by atoms with Crippen LogP contribution in [0.3, 0.4) is 0 Å². The van der Waals surface area contributed by atoms with E-state index in [1.165, 1.54) is 6.07 Å². The van der Waals surface area contributed by atoms with Gasteiger partial charge in [-0.15, -0.1) is 0 Å². The fourth-order valence-electron chi connectivity index (χ4n) is 5.62. The number of aromatic nitrogens is 3. The van der Waals surface area contributed by atoms with Gasteiger partial charge in [-0.1, -0.05) is 26.0 Å². The first-order valence-corrected chi connectivity index (χ1v) is 17.7. The number of aliphatic hydroxyl groups is 1. The Morgan fingerprint density at radius 1 is 1.13 bits per heavy atom. The number of piperidine rings is 1. The first-order chi connectivity index (χ1) is 23.5. The molecule has 1 amide bonds. The quantitative estimate of drug-likeness (QED) is 0.149. The van der Waals surface area contributed by atoms with Crippen LogP contribution in [0, 0.1) is 44.8 Å². The predicted molar refractivity (Wildman–Crippen MR) is 201 cm³/mol. The van der Waals surface area contributed by atoms with Crippen molar-refractivity contribution in [3.8, 4) is 11.9 Å². The third-order valence-corrected chi connectivity index (χ3v) is 9.95. The molecule has 2 atom stereocenters. The molecule has 0 spiro atoms. The van der Waals surface area contributed by atoms with Crippen LogP contribution in [0.25, 0.3) is 11.0 Å². The average Bonchev–Trinajstić information content (AvgIpc) is 3.42. The number of ether oxygens (including phenoxy) is 1. The molecule has 52 heavy (non-hydrogen) atoms. The summed E-state index contributed by atoms with van der Waals surface area (Å²) in [6.07, 6.45) is 2.75. The van der Waals surface area contributed by atoms with Gasteiger partial charge in [0, 0.05) is 73.0 Å². The summed E-state index contributed by atoms with van der Waals surface area (Å²) in [5, 5.41) is 16.4. The van der Waals surface area contributed by atoms with Crippen molar-refractivity contribution in [2.45, 2.75) is 64.0 Å². The predicted octanol–water partition coefficient (Wildman–Crippen LogP) is 5.29. The van der Waals surface area contributed by atoms with Crippen LogP contribution in [0.1, 0.15) is 72.0 Å². The zero-order chi connectivity index (χ0) is 35.5. The molecule has 0 radical (unpaired) electrons. The van der Waals surface area contributed by atoms with E-state index in [0.29, 0.717) is 36.0 Å². The van der Waals surface area contributed by atoms with Gasteiger partial charge in [-0.05, 0) is 68.8 Å². The Bertz CT molecular complexity index is 1790. The molecule has 2 unspecified atom stereocenters. The van der Waals surface area contributed by atoms with Gasteiger partial charge in [-0.25, -0.2) is 14.4 Å². The van der Waals surface area contributed by atoms with Gasteiger partial charge in [0.05, 0.1) is 41.2 Å². The summed E-state index contributed by atoms with van der Waals surface area (Å²) in [4.78, 5) is 23.8. The summed E-state index contributed by atoms with van der Waals surface area (Å²) in [6.45, 7) is 10.5. The van der Waals surface area contributed by atoms with Crippen molar-refractivity contribution in [3.63, 3.8) is 0 Å². The standard InChI is InChI=1S/C31H31FN6O3S.C4H9.CH5NO.2CH3.W/c32-25-14-20(16-33)4-5-23(25)19-41-30-3-1-2-26(36-30)21-8-11-37(12-9-21)18-29-35-27-7-6-22(31(34)39)15-28(27)38(29)17-24-10-13-42(24)40;1-4(2)3;2-1-3;;;/h1-7,14-15,21,24H,8-13,17-19H2,(H2,34,39);4H,1H2,2-3H3;3H,1-2H2;2*1H3;/q;-1;;2*-1;. The number of carbonyl (C=O) groups is 1. The van der Waals surface area contributed by atoms with Crippen LogP contribution in [-0.4, -0.2) is 65.5 Å². The molecule has 4 heterocycles. The molecular weight excluding hydrogens is 853 g/mol. The number of aliphatic hydroxyl groups excluding tert-OH is 1. The fraction of sp³-hybridized carbons (Fsp3) is 0.395. The molecule has 2 fully saturated rings. The molecule has 0 aliphatic carbocycles. The molecule has 0 saturated carbocycles. The number of rotatable bonds is 9. The number of fused-ring (bicyclic) bond motifs is 1. The maximum absolute atomic E-state index is 14.2. The van der Waals surface area contributed by atoms with Crippen molar-refractivity contribution >= 4 is 27.7 Å². The molecule has 2 aromatic heterocycles. The van der Waals surface area contributed by atoms with Crippen LogP contribution in [-0.2, 0) is 51.6 Å². The van der Waals surface area contributed by atoms with Gasteiger partial charge < -0.3 is 47.7 Å². The monoisotopic (exact) mass is 904 g/mol. The minimum Gasteiger partial charge on any atom is -0.473 e. The van der Waals surface area contributed by atoms with Crippen molar-refractivity contribution in [3.05, 3.63) is 110 Å². The Kier molecular flexibility index (Phi) is 20.1. The number of imidazole rings is 1. The average molecular weight is 905 g/mol. The molecule has 2 saturated heterocycles. The number of hydrogen-bond donors (Lipinski definition) is 3. The maximum atomic E-state index is 14.2. The topological polar surface area (TPSA) is 173 Å². The van der Waals surface area contributed by atoms with E-state index >= 15 is 0 Å². The molecular formula is C38H51FN7O4SW-3. The molecule has 5 N–H and O–H groups in total. The Labute approximate surface area is 324 Å². The zero-order valence-electron chi connectivity index (χ0n) is 30.5. The van der Waals surface area contributed by atoms with E-state index in [2.05, 4.69) is 36.0 Å². The van der Waals surface area contributed by atoms with Gasteiger partial charge >= 0.3 is 0 Å². The normalized spacial score (nSPS) is 16.7. The van der Waals surface area contributed by atoms with E-state index in [4.69, 9.17) is 30.8 Å². The number of amides is 1.